The fourth-order valence-electron chi connectivity index (χ4n) is 2.69. The zero-order valence-electron chi connectivity index (χ0n) is 11.1. The van der Waals surface area contributed by atoms with Crippen molar-refractivity contribution in [3.8, 4) is 0 Å². The Morgan fingerprint density at radius 1 is 1.50 bits per heavy atom. The molecule has 2 rings (SSSR count). The number of amides is 1. The van der Waals surface area contributed by atoms with E-state index >= 15 is 0 Å². The third kappa shape index (κ3) is 3.19. The van der Waals surface area contributed by atoms with Crippen LogP contribution in [0.5, 0.6) is 0 Å². The molecular weight excluding hydrogens is 248 g/mol. The van der Waals surface area contributed by atoms with Crippen LogP contribution >= 0.6 is 11.8 Å². The minimum absolute atomic E-state index is 0.188. The van der Waals surface area contributed by atoms with E-state index in [1.165, 1.54) is 6.42 Å². The van der Waals surface area contributed by atoms with Crippen LogP contribution < -0.4 is 11.1 Å². The summed E-state index contributed by atoms with van der Waals surface area (Å²) in [5, 5.41) is 3.35. The van der Waals surface area contributed by atoms with Crippen molar-refractivity contribution in [2.75, 3.05) is 24.7 Å². The molecule has 1 saturated heterocycles. The van der Waals surface area contributed by atoms with Gasteiger partial charge in [0.2, 0.25) is 5.91 Å². The molecule has 0 bridgehead atoms. The molecule has 104 valence electrons. The van der Waals surface area contributed by atoms with Gasteiger partial charge in [-0.05, 0) is 38.1 Å². The van der Waals surface area contributed by atoms with Gasteiger partial charge in [0, 0.05) is 18.1 Å². The summed E-state index contributed by atoms with van der Waals surface area (Å²) >= 11 is 1.81. The lowest BCUT2D eigenvalue weighted by Crippen LogP contribution is -2.59. The lowest BCUT2D eigenvalue weighted by molar-refractivity contribution is -0.124. The van der Waals surface area contributed by atoms with Gasteiger partial charge >= 0.3 is 0 Å². The average molecular weight is 272 g/mol. The summed E-state index contributed by atoms with van der Waals surface area (Å²) in [6, 6.07) is 0. The van der Waals surface area contributed by atoms with E-state index in [1.54, 1.807) is 11.8 Å². The summed E-state index contributed by atoms with van der Waals surface area (Å²) in [6.45, 7) is 3.72. The van der Waals surface area contributed by atoms with Crippen LogP contribution in [0.1, 0.15) is 32.6 Å². The third-order valence-corrected chi connectivity index (χ3v) is 5.13. The molecule has 18 heavy (non-hydrogen) atoms. The van der Waals surface area contributed by atoms with Crippen molar-refractivity contribution in [3.05, 3.63) is 0 Å². The number of thioether (sulfide) groups is 1. The molecule has 3 N–H and O–H groups in total. The van der Waals surface area contributed by atoms with E-state index in [9.17, 15) is 4.79 Å². The van der Waals surface area contributed by atoms with Gasteiger partial charge in [0.15, 0.2) is 0 Å². The second-order valence-electron chi connectivity index (χ2n) is 5.29. The molecular formula is C13H24N2O2S. The van der Waals surface area contributed by atoms with E-state index in [2.05, 4.69) is 5.32 Å². The van der Waals surface area contributed by atoms with Crippen LogP contribution in [0.2, 0.25) is 0 Å². The Hall–Kier alpha value is -0.260. The van der Waals surface area contributed by atoms with Crippen molar-refractivity contribution in [1.82, 2.24) is 5.32 Å². The molecule has 1 saturated carbocycles. The highest BCUT2D eigenvalue weighted by molar-refractivity contribution is 7.99. The predicted octanol–water partition coefficient (Wildman–Crippen LogP) is 1.14. The Bertz CT molecular complexity index is 291. The molecule has 0 radical (unpaired) electrons. The van der Waals surface area contributed by atoms with Crippen molar-refractivity contribution < 1.29 is 9.53 Å². The lowest BCUT2D eigenvalue weighted by atomic mass is 9.94. The highest BCUT2D eigenvalue weighted by Gasteiger charge is 2.49. The van der Waals surface area contributed by atoms with Crippen molar-refractivity contribution in [2.24, 2.45) is 11.7 Å². The van der Waals surface area contributed by atoms with E-state index in [0.717, 1.165) is 43.9 Å². The van der Waals surface area contributed by atoms with Crippen LogP contribution in [0, 0.1) is 5.92 Å². The number of hydrogen-bond acceptors (Lipinski definition) is 4. The number of nitrogens with one attached hydrogen (secondary N) is 1. The first-order valence-corrected chi connectivity index (χ1v) is 8.09. The molecule has 2 fully saturated rings. The molecule has 2 unspecified atom stereocenters. The van der Waals surface area contributed by atoms with E-state index < -0.39 is 5.54 Å². The number of ether oxygens (including phenoxy) is 1. The second-order valence-corrected chi connectivity index (χ2v) is 6.32. The van der Waals surface area contributed by atoms with Gasteiger partial charge in [-0.15, -0.1) is 0 Å². The monoisotopic (exact) mass is 272 g/mol. The minimum Gasteiger partial charge on any atom is -0.377 e. The number of hydrogen-bond donors (Lipinski definition) is 2. The molecule has 1 aliphatic carbocycles. The van der Waals surface area contributed by atoms with Gasteiger partial charge in [0.05, 0.1) is 6.10 Å². The third-order valence-electron chi connectivity index (χ3n) is 3.86. The molecule has 1 aliphatic heterocycles. The van der Waals surface area contributed by atoms with Gasteiger partial charge in [0.25, 0.3) is 0 Å². The fraction of sp³-hybridized carbons (Fsp3) is 0.923. The SMILES string of the molecule is CCNC(CSCC1CCCO1)(C(N)=O)C1CC1. The number of nitrogens with two attached hydrogens (primary N) is 1. The van der Waals surface area contributed by atoms with E-state index in [-0.39, 0.29) is 5.91 Å². The number of likely N-dealkylation sites (N-methyl/N-ethyl adjacent to an activating group) is 1. The highest BCUT2D eigenvalue weighted by atomic mass is 32.2. The summed E-state index contributed by atoms with van der Waals surface area (Å²) in [4.78, 5) is 11.8. The lowest BCUT2D eigenvalue weighted by Gasteiger charge is -2.31. The molecule has 0 aromatic rings. The van der Waals surface area contributed by atoms with Gasteiger partial charge in [0.1, 0.15) is 5.54 Å². The zero-order valence-corrected chi connectivity index (χ0v) is 11.9. The van der Waals surface area contributed by atoms with Gasteiger partial charge in [-0.25, -0.2) is 0 Å². The molecule has 0 spiro atoms. The first-order chi connectivity index (χ1) is 8.69. The van der Waals surface area contributed by atoms with Crippen LogP contribution in [0.15, 0.2) is 0 Å². The van der Waals surface area contributed by atoms with E-state index in [1.807, 2.05) is 6.92 Å². The van der Waals surface area contributed by atoms with E-state index in [4.69, 9.17) is 10.5 Å². The highest BCUT2D eigenvalue weighted by Crippen LogP contribution is 2.41. The average Bonchev–Trinajstić information content (AvgIpc) is 3.06. The topological polar surface area (TPSA) is 64.3 Å². The smallest absolute Gasteiger partial charge is 0.238 e. The minimum atomic E-state index is -0.488. The van der Waals surface area contributed by atoms with Crippen LogP contribution in [0.4, 0.5) is 0 Å². The first kappa shape index (κ1) is 14.2. The molecule has 1 amide bonds. The summed E-state index contributed by atoms with van der Waals surface area (Å²) in [5.74, 6) is 2.01. The van der Waals surface area contributed by atoms with Gasteiger partial charge in [-0.3, -0.25) is 4.79 Å². The van der Waals surface area contributed by atoms with Crippen molar-refractivity contribution in [1.29, 1.82) is 0 Å². The van der Waals surface area contributed by atoms with Gasteiger partial charge in [-0.2, -0.15) is 11.8 Å². The molecule has 0 aromatic carbocycles. The van der Waals surface area contributed by atoms with Crippen molar-refractivity contribution >= 4 is 17.7 Å². The van der Waals surface area contributed by atoms with E-state index in [0.29, 0.717) is 12.0 Å². The number of carbonyl (C=O) groups is 1. The summed E-state index contributed by atoms with van der Waals surface area (Å²) in [6.07, 6.45) is 4.94. The van der Waals surface area contributed by atoms with Crippen LogP contribution in [-0.2, 0) is 9.53 Å². The molecule has 1 heterocycles. The van der Waals surface area contributed by atoms with Crippen molar-refractivity contribution in [3.63, 3.8) is 0 Å². The number of rotatable bonds is 8. The van der Waals surface area contributed by atoms with Crippen molar-refractivity contribution in [2.45, 2.75) is 44.2 Å². The normalized spacial score (nSPS) is 27.1. The quantitative estimate of drug-likeness (QED) is 0.695. The maximum Gasteiger partial charge on any atom is 0.238 e. The Kier molecular flexibility index (Phi) is 4.92. The summed E-state index contributed by atoms with van der Waals surface area (Å²) < 4.78 is 5.61. The van der Waals surface area contributed by atoms with Gasteiger partial charge in [-0.1, -0.05) is 6.92 Å². The maximum absolute atomic E-state index is 11.8. The first-order valence-electron chi connectivity index (χ1n) is 6.93. The predicted molar refractivity (Wildman–Crippen MR) is 74.6 cm³/mol. The number of carbonyl (C=O) groups excluding carboxylic acids is 1. The Labute approximate surface area is 113 Å². The number of primary amides is 1. The Balaban J connectivity index is 1.85. The van der Waals surface area contributed by atoms with Crippen LogP contribution in [0.25, 0.3) is 0 Å². The molecule has 4 nitrogen and oxygen atoms in total. The summed E-state index contributed by atoms with van der Waals surface area (Å²) in [7, 11) is 0. The molecule has 5 heteroatoms. The molecule has 2 aliphatic rings. The standard InChI is InChI=1S/C13H24N2O2S/c1-2-15-13(12(14)16,10-5-6-10)9-18-8-11-4-3-7-17-11/h10-11,15H,2-9H2,1H3,(H2,14,16). The Morgan fingerprint density at radius 2 is 2.28 bits per heavy atom. The fourth-order valence-corrected chi connectivity index (χ4v) is 4.14. The van der Waals surface area contributed by atoms with Gasteiger partial charge < -0.3 is 15.8 Å². The van der Waals surface area contributed by atoms with Crippen LogP contribution in [0.3, 0.4) is 0 Å². The summed E-state index contributed by atoms with van der Waals surface area (Å²) in [5.41, 5.74) is 5.16. The maximum atomic E-state index is 11.8. The molecule has 2 atom stereocenters. The second kappa shape index (κ2) is 6.26. The Morgan fingerprint density at radius 3 is 2.78 bits per heavy atom. The molecule has 0 aromatic heterocycles. The largest absolute Gasteiger partial charge is 0.377 e. The van der Waals surface area contributed by atoms with Crippen LogP contribution in [-0.4, -0.2) is 42.2 Å². The zero-order chi connectivity index (χ0) is 13.0.